The van der Waals surface area contributed by atoms with Gasteiger partial charge < -0.3 is 15.1 Å². The molecule has 0 spiro atoms. The summed E-state index contributed by atoms with van der Waals surface area (Å²) in [5, 5.41) is 3.76. The van der Waals surface area contributed by atoms with Gasteiger partial charge in [-0.25, -0.2) is 4.98 Å². The van der Waals surface area contributed by atoms with Gasteiger partial charge in [-0.1, -0.05) is 11.6 Å². The second-order valence-electron chi connectivity index (χ2n) is 7.11. The first-order chi connectivity index (χ1) is 13.1. The average Bonchev–Trinajstić information content (AvgIpc) is 3.10. The molecule has 4 heterocycles. The zero-order valence-corrected chi connectivity index (χ0v) is 16.1. The zero-order valence-electron chi connectivity index (χ0n) is 15.4. The van der Waals surface area contributed by atoms with E-state index in [1.807, 2.05) is 6.07 Å². The highest BCUT2D eigenvalue weighted by Gasteiger charge is 2.24. The number of pyridine rings is 1. The van der Waals surface area contributed by atoms with Crippen molar-refractivity contribution >= 4 is 40.6 Å². The summed E-state index contributed by atoms with van der Waals surface area (Å²) in [7, 11) is 0. The highest BCUT2D eigenvalue weighted by atomic mass is 35.5. The first-order valence-corrected chi connectivity index (χ1v) is 9.81. The SMILES string of the molecule is CC1CCCCN1c1nc(Nc2cncc(N3CCCC3=O)c2)ncc1Cl. The van der Waals surface area contributed by atoms with Crippen LogP contribution in [0.5, 0.6) is 0 Å². The topological polar surface area (TPSA) is 74.2 Å². The Kier molecular flexibility index (Phi) is 5.11. The molecule has 4 rings (SSSR count). The van der Waals surface area contributed by atoms with Crippen molar-refractivity contribution in [3.63, 3.8) is 0 Å². The van der Waals surface area contributed by atoms with Gasteiger partial charge in [0.05, 0.1) is 30.0 Å². The summed E-state index contributed by atoms with van der Waals surface area (Å²) in [4.78, 5) is 29.2. The summed E-state index contributed by atoms with van der Waals surface area (Å²) >= 11 is 6.37. The van der Waals surface area contributed by atoms with Crippen LogP contribution >= 0.6 is 11.6 Å². The third-order valence-corrected chi connectivity index (χ3v) is 5.43. The van der Waals surface area contributed by atoms with Crippen LogP contribution in [0.4, 0.5) is 23.1 Å². The predicted molar refractivity (Wildman–Crippen MR) is 107 cm³/mol. The van der Waals surface area contributed by atoms with E-state index in [2.05, 4.69) is 32.1 Å². The van der Waals surface area contributed by atoms with Gasteiger partial charge in [0.1, 0.15) is 5.02 Å². The third-order valence-electron chi connectivity index (χ3n) is 5.17. The highest BCUT2D eigenvalue weighted by Crippen LogP contribution is 2.30. The van der Waals surface area contributed by atoms with Crippen molar-refractivity contribution in [3.8, 4) is 0 Å². The van der Waals surface area contributed by atoms with Gasteiger partial charge >= 0.3 is 0 Å². The van der Waals surface area contributed by atoms with E-state index in [0.717, 1.165) is 49.5 Å². The molecule has 8 heteroatoms. The predicted octanol–water partition coefficient (Wildman–Crippen LogP) is 3.77. The average molecular weight is 387 g/mol. The number of halogens is 1. The number of nitrogens with zero attached hydrogens (tertiary/aromatic N) is 5. The zero-order chi connectivity index (χ0) is 18.8. The van der Waals surface area contributed by atoms with Crippen LogP contribution in [0.2, 0.25) is 5.02 Å². The summed E-state index contributed by atoms with van der Waals surface area (Å²) in [6.45, 7) is 3.88. The van der Waals surface area contributed by atoms with Gasteiger partial charge in [-0.15, -0.1) is 0 Å². The maximum atomic E-state index is 12.0. The molecule has 1 amide bonds. The second-order valence-corrected chi connectivity index (χ2v) is 7.52. The highest BCUT2D eigenvalue weighted by molar-refractivity contribution is 6.32. The number of hydrogen-bond acceptors (Lipinski definition) is 6. The molecular weight excluding hydrogens is 364 g/mol. The summed E-state index contributed by atoms with van der Waals surface area (Å²) in [6, 6.07) is 2.31. The van der Waals surface area contributed by atoms with Gasteiger partial charge in [-0.05, 0) is 38.7 Å². The Bertz CT molecular complexity index is 845. The van der Waals surface area contributed by atoms with Crippen LogP contribution in [-0.2, 0) is 4.79 Å². The Balaban J connectivity index is 1.56. The molecule has 142 valence electrons. The van der Waals surface area contributed by atoms with Crippen molar-refractivity contribution in [1.29, 1.82) is 0 Å². The Hall–Kier alpha value is -2.41. The van der Waals surface area contributed by atoms with Crippen LogP contribution in [0, 0.1) is 0 Å². The van der Waals surface area contributed by atoms with E-state index in [0.29, 0.717) is 23.4 Å². The summed E-state index contributed by atoms with van der Waals surface area (Å²) < 4.78 is 0. The standard InChI is InChI=1S/C19H23ClN6O/c1-13-5-2-3-7-25(13)18-16(20)12-22-19(24-18)23-14-9-15(11-21-10-14)26-8-4-6-17(26)27/h9-13H,2-8H2,1H3,(H,22,23,24). The summed E-state index contributed by atoms with van der Waals surface area (Å²) in [6.07, 6.45) is 10.0. The van der Waals surface area contributed by atoms with Crippen LogP contribution in [0.1, 0.15) is 39.0 Å². The lowest BCUT2D eigenvalue weighted by atomic mass is 10.0. The Morgan fingerprint density at radius 2 is 2.07 bits per heavy atom. The molecule has 7 nitrogen and oxygen atoms in total. The minimum Gasteiger partial charge on any atom is -0.353 e. The van der Waals surface area contributed by atoms with Crippen molar-refractivity contribution < 1.29 is 4.79 Å². The molecule has 1 atom stereocenters. The largest absolute Gasteiger partial charge is 0.353 e. The van der Waals surface area contributed by atoms with E-state index in [-0.39, 0.29) is 5.91 Å². The molecule has 2 aliphatic rings. The number of rotatable bonds is 4. The van der Waals surface area contributed by atoms with Crippen molar-refractivity contribution in [2.24, 2.45) is 0 Å². The summed E-state index contributed by atoms with van der Waals surface area (Å²) in [5.41, 5.74) is 1.54. The molecule has 2 aromatic heterocycles. The lowest BCUT2D eigenvalue weighted by molar-refractivity contribution is -0.117. The Labute approximate surface area is 163 Å². The van der Waals surface area contributed by atoms with Crippen molar-refractivity contribution in [2.75, 3.05) is 28.2 Å². The van der Waals surface area contributed by atoms with Gasteiger partial charge in [0.2, 0.25) is 11.9 Å². The van der Waals surface area contributed by atoms with Crippen LogP contribution in [0.25, 0.3) is 0 Å². The van der Waals surface area contributed by atoms with Crippen LogP contribution in [0.3, 0.4) is 0 Å². The van der Waals surface area contributed by atoms with Crippen LogP contribution in [0.15, 0.2) is 24.7 Å². The Morgan fingerprint density at radius 3 is 2.85 bits per heavy atom. The molecule has 0 radical (unpaired) electrons. The lowest BCUT2D eigenvalue weighted by Crippen LogP contribution is -2.38. The van der Waals surface area contributed by atoms with E-state index in [1.165, 1.54) is 6.42 Å². The number of nitrogens with one attached hydrogen (secondary N) is 1. The summed E-state index contributed by atoms with van der Waals surface area (Å²) in [5.74, 6) is 1.37. The lowest BCUT2D eigenvalue weighted by Gasteiger charge is -2.34. The number of aromatic nitrogens is 3. The van der Waals surface area contributed by atoms with E-state index in [1.54, 1.807) is 23.5 Å². The number of amides is 1. The fourth-order valence-corrected chi connectivity index (χ4v) is 3.93. The molecular formula is C19H23ClN6O. The van der Waals surface area contributed by atoms with Crippen molar-refractivity contribution in [1.82, 2.24) is 15.0 Å². The van der Waals surface area contributed by atoms with Crippen LogP contribution in [-0.4, -0.2) is 40.0 Å². The van der Waals surface area contributed by atoms with E-state index in [9.17, 15) is 4.79 Å². The van der Waals surface area contributed by atoms with Crippen molar-refractivity contribution in [3.05, 3.63) is 29.7 Å². The number of piperidine rings is 1. The maximum absolute atomic E-state index is 12.0. The molecule has 2 aliphatic heterocycles. The fourth-order valence-electron chi connectivity index (χ4n) is 3.73. The fraction of sp³-hybridized carbons (Fsp3) is 0.474. The van der Waals surface area contributed by atoms with Gasteiger partial charge in [-0.3, -0.25) is 9.78 Å². The molecule has 0 saturated carbocycles. The molecule has 2 saturated heterocycles. The number of anilines is 4. The van der Waals surface area contributed by atoms with Gasteiger partial charge in [0.25, 0.3) is 0 Å². The van der Waals surface area contributed by atoms with Gasteiger partial charge in [0.15, 0.2) is 5.82 Å². The first-order valence-electron chi connectivity index (χ1n) is 9.43. The maximum Gasteiger partial charge on any atom is 0.229 e. The van der Waals surface area contributed by atoms with E-state index >= 15 is 0 Å². The second kappa shape index (κ2) is 7.68. The number of carbonyl (C=O) groups is 1. The molecule has 1 unspecified atom stereocenters. The minimum atomic E-state index is 0.137. The third kappa shape index (κ3) is 3.83. The number of hydrogen-bond donors (Lipinski definition) is 1. The van der Waals surface area contributed by atoms with Gasteiger partial charge in [0, 0.05) is 25.6 Å². The molecule has 2 fully saturated rings. The monoisotopic (exact) mass is 386 g/mol. The molecule has 2 aromatic rings. The molecule has 1 N–H and O–H groups in total. The van der Waals surface area contributed by atoms with Crippen molar-refractivity contribution in [2.45, 2.75) is 45.1 Å². The van der Waals surface area contributed by atoms with Gasteiger partial charge in [-0.2, -0.15) is 4.98 Å². The molecule has 0 aromatic carbocycles. The van der Waals surface area contributed by atoms with E-state index in [4.69, 9.17) is 11.6 Å². The van der Waals surface area contributed by atoms with E-state index < -0.39 is 0 Å². The first kappa shape index (κ1) is 18.0. The molecule has 0 aliphatic carbocycles. The quantitative estimate of drug-likeness (QED) is 0.862. The normalized spacial score (nSPS) is 20.2. The van der Waals surface area contributed by atoms with Crippen LogP contribution < -0.4 is 15.1 Å². The Morgan fingerprint density at radius 1 is 1.19 bits per heavy atom. The molecule has 0 bridgehead atoms. The molecule has 27 heavy (non-hydrogen) atoms. The minimum absolute atomic E-state index is 0.137. The smallest absolute Gasteiger partial charge is 0.229 e. The number of carbonyl (C=O) groups excluding carboxylic acids is 1.